The van der Waals surface area contributed by atoms with Crippen LogP contribution < -0.4 is 4.72 Å². The van der Waals surface area contributed by atoms with E-state index in [9.17, 15) is 18.3 Å². The van der Waals surface area contributed by atoms with Crippen LogP contribution in [0, 0.1) is 0 Å². The summed E-state index contributed by atoms with van der Waals surface area (Å²) in [6.07, 6.45) is 0.317. The minimum atomic E-state index is -3.96. The first-order valence-corrected chi connectivity index (χ1v) is 11.4. The Morgan fingerprint density at radius 3 is 2.47 bits per heavy atom. The summed E-state index contributed by atoms with van der Waals surface area (Å²) in [4.78, 5) is 11.5. The number of benzene rings is 2. The lowest BCUT2D eigenvalue weighted by atomic mass is 10.1. The Hall–Kier alpha value is -1.97. The molecule has 0 saturated heterocycles. The highest BCUT2D eigenvalue weighted by Crippen LogP contribution is 2.13. The van der Waals surface area contributed by atoms with Gasteiger partial charge in [-0.3, -0.25) is 4.79 Å². The van der Waals surface area contributed by atoms with Gasteiger partial charge in [-0.1, -0.05) is 54.1 Å². The third kappa shape index (κ3) is 8.04. The summed E-state index contributed by atoms with van der Waals surface area (Å²) in [7, 11) is -2.55. The predicted molar refractivity (Wildman–Crippen MR) is 117 cm³/mol. The molecule has 0 heterocycles. The van der Waals surface area contributed by atoms with Crippen molar-refractivity contribution in [2.75, 3.05) is 13.6 Å². The Bertz CT molecular complexity index is 924. The van der Waals surface area contributed by atoms with Crippen LogP contribution in [0.15, 0.2) is 54.6 Å². The maximum absolute atomic E-state index is 12.6. The maximum Gasteiger partial charge on any atom is 0.322 e. The first-order chi connectivity index (χ1) is 14.2. The van der Waals surface area contributed by atoms with E-state index in [1.54, 1.807) is 30.3 Å². The molecule has 2 aromatic rings. The van der Waals surface area contributed by atoms with Crippen LogP contribution in [0.4, 0.5) is 0 Å². The Kier molecular flexibility index (Phi) is 9.26. The topological polar surface area (TPSA) is 95.9 Å². The number of rotatable bonds is 12. The number of nitrogens with one attached hydrogen (secondary N) is 1. The first kappa shape index (κ1) is 24.3. The van der Waals surface area contributed by atoms with Crippen molar-refractivity contribution < 1.29 is 23.1 Å². The molecule has 2 rings (SSSR count). The van der Waals surface area contributed by atoms with Crippen LogP contribution in [-0.2, 0) is 32.8 Å². The molecule has 0 radical (unpaired) electrons. The second-order valence-corrected chi connectivity index (χ2v) is 9.31. The van der Waals surface area contributed by atoms with Gasteiger partial charge in [-0.25, -0.2) is 0 Å². The largest absolute Gasteiger partial charge is 0.480 e. The number of carboxylic acid groups (broad SMARTS) is 1. The van der Waals surface area contributed by atoms with Crippen LogP contribution in [0.25, 0.3) is 0 Å². The number of halogens is 1. The lowest BCUT2D eigenvalue weighted by molar-refractivity contribution is -0.138. The zero-order chi connectivity index (χ0) is 22.1. The number of carbonyl (C=O) groups is 1. The van der Waals surface area contributed by atoms with Crippen LogP contribution in [0.2, 0.25) is 5.02 Å². The third-order valence-corrected chi connectivity index (χ3v) is 6.38. The zero-order valence-electron chi connectivity index (χ0n) is 17.0. The van der Waals surface area contributed by atoms with Gasteiger partial charge in [0.05, 0.1) is 12.7 Å². The summed E-state index contributed by atoms with van der Waals surface area (Å²) < 4.78 is 34.2. The van der Waals surface area contributed by atoms with Gasteiger partial charge >= 0.3 is 5.97 Å². The van der Waals surface area contributed by atoms with E-state index in [2.05, 4.69) is 4.72 Å². The third-order valence-electron chi connectivity index (χ3n) is 4.56. The molecule has 0 spiro atoms. The number of carboxylic acids is 1. The van der Waals surface area contributed by atoms with E-state index in [1.165, 1.54) is 7.05 Å². The smallest absolute Gasteiger partial charge is 0.322 e. The van der Waals surface area contributed by atoms with E-state index in [0.717, 1.165) is 15.4 Å². The van der Waals surface area contributed by atoms with E-state index in [4.69, 9.17) is 16.3 Å². The monoisotopic (exact) mass is 454 g/mol. The van der Waals surface area contributed by atoms with Gasteiger partial charge in [0.1, 0.15) is 6.04 Å². The average Bonchev–Trinajstić information content (AvgIpc) is 2.70. The molecule has 0 saturated carbocycles. The fraction of sp³-hybridized carbons (Fsp3) is 0.381. The standard InChI is InChI=1S/C21H27ClN2O5S/c1-16(29-15-18-9-6-10-19(22)13-18)11-12-24(2)30(27,28)23-20(21(25)26)14-17-7-4-3-5-8-17/h3-10,13,16,20,23H,11-12,14-15H2,1-2H3,(H,25,26). The van der Waals surface area contributed by atoms with Crippen LogP contribution in [-0.4, -0.2) is 49.5 Å². The van der Waals surface area contributed by atoms with E-state index >= 15 is 0 Å². The fourth-order valence-corrected chi connectivity index (χ4v) is 4.01. The van der Waals surface area contributed by atoms with Gasteiger partial charge in [-0.2, -0.15) is 17.4 Å². The van der Waals surface area contributed by atoms with Crippen molar-refractivity contribution in [3.05, 3.63) is 70.7 Å². The molecule has 30 heavy (non-hydrogen) atoms. The van der Waals surface area contributed by atoms with Crippen LogP contribution in [0.5, 0.6) is 0 Å². The molecule has 2 atom stereocenters. The zero-order valence-corrected chi connectivity index (χ0v) is 18.6. The predicted octanol–water partition coefficient (Wildman–Crippen LogP) is 3.10. The minimum absolute atomic E-state index is 0.0579. The molecule has 164 valence electrons. The molecule has 0 fully saturated rings. The molecule has 0 aliphatic heterocycles. The molecule has 9 heteroatoms. The van der Waals surface area contributed by atoms with Crippen LogP contribution in [0.3, 0.4) is 0 Å². The van der Waals surface area contributed by atoms with Crippen molar-refractivity contribution in [1.82, 2.24) is 9.03 Å². The van der Waals surface area contributed by atoms with Crippen molar-refractivity contribution in [1.29, 1.82) is 0 Å². The molecule has 2 aromatic carbocycles. The fourth-order valence-electron chi connectivity index (χ4n) is 2.73. The normalized spacial score (nSPS) is 13.9. The molecular formula is C21H27ClN2O5S. The van der Waals surface area contributed by atoms with Crippen LogP contribution in [0.1, 0.15) is 24.5 Å². The highest BCUT2D eigenvalue weighted by molar-refractivity contribution is 7.87. The summed E-state index contributed by atoms with van der Waals surface area (Å²) in [5.41, 5.74) is 1.67. The van der Waals surface area contributed by atoms with E-state index in [0.29, 0.717) is 18.1 Å². The van der Waals surface area contributed by atoms with Crippen molar-refractivity contribution >= 4 is 27.8 Å². The van der Waals surface area contributed by atoms with Crippen molar-refractivity contribution in [3.63, 3.8) is 0 Å². The van der Waals surface area contributed by atoms with Crippen molar-refractivity contribution in [2.24, 2.45) is 0 Å². The van der Waals surface area contributed by atoms with Gasteiger partial charge in [0.2, 0.25) is 0 Å². The van der Waals surface area contributed by atoms with E-state index in [-0.39, 0.29) is 19.1 Å². The lowest BCUT2D eigenvalue weighted by Crippen LogP contribution is -2.48. The number of ether oxygens (including phenoxy) is 1. The Labute approximate surface area is 182 Å². The molecular weight excluding hydrogens is 428 g/mol. The quantitative estimate of drug-likeness (QED) is 0.513. The molecule has 2 N–H and O–H groups in total. The summed E-state index contributed by atoms with van der Waals surface area (Å²) >= 11 is 5.95. The highest BCUT2D eigenvalue weighted by atomic mass is 35.5. The van der Waals surface area contributed by atoms with Crippen molar-refractivity contribution in [2.45, 2.75) is 38.5 Å². The van der Waals surface area contributed by atoms with E-state index in [1.807, 2.05) is 31.2 Å². The summed E-state index contributed by atoms with van der Waals surface area (Å²) in [6, 6.07) is 15.0. The molecule has 0 aliphatic rings. The summed E-state index contributed by atoms with van der Waals surface area (Å²) in [6.45, 7) is 2.41. The van der Waals surface area contributed by atoms with Crippen molar-refractivity contribution in [3.8, 4) is 0 Å². The number of hydrogen-bond donors (Lipinski definition) is 2. The molecule has 7 nitrogen and oxygen atoms in total. The van der Waals surface area contributed by atoms with Gasteiger partial charge in [0, 0.05) is 18.6 Å². The summed E-state index contributed by atoms with van der Waals surface area (Å²) in [5, 5.41) is 10.0. The summed E-state index contributed by atoms with van der Waals surface area (Å²) in [5.74, 6) is -1.23. The van der Waals surface area contributed by atoms with Gasteiger partial charge < -0.3 is 9.84 Å². The Morgan fingerprint density at radius 2 is 1.83 bits per heavy atom. The molecule has 0 aliphatic carbocycles. The Morgan fingerprint density at radius 1 is 1.17 bits per heavy atom. The number of hydrogen-bond acceptors (Lipinski definition) is 4. The maximum atomic E-state index is 12.6. The molecule has 2 unspecified atom stereocenters. The number of aliphatic carboxylic acids is 1. The second kappa shape index (κ2) is 11.4. The van der Waals surface area contributed by atoms with Gasteiger partial charge in [0.15, 0.2) is 0 Å². The van der Waals surface area contributed by atoms with E-state index < -0.39 is 22.2 Å². The van der Waals surface area contributed by atoms with Gasteiger partial charge in [0.25, 0.3) is 10.2 Å². The first-order valence-electron chi connectivity index (χ1n) is 9.53. The molecule has 0 bridgehead atoms. The highest BCUT2D eigenvalue weighted by Gasteiger charge is 2.27. The Balaban J connectivity index is 1.85. The second-order valence-electron chi connectivity index (χ2n) is 7.07. The average molecular weight is 455 g/mol. The van der Waals surface area contributed by atoms with Gasteiger partial charge in [-0.15, -0.1) is 0 Å². The lowest BCUT2D eigenvalue weighted by Gasteiger charge is -2.22. The SMILES string of the molecule is CC(CCN(C)S(=O)(=O)NC(Cc1ccccc1)C(=O)O)OCc1cccc(Cl)c1. The molecule has 0 aromatic heterocycles. The number of nitrogens with zero attached hydrogens (tertiary/aromatic N) is 1. The molecule has 0 amide bonds. The van der Waals surface area contributed by atoms with Crippen LogP contribution >= 0.6 is 11.6 Å². The van der Waals surface area contributed by atoms with Gasteiger partial charge in [-0.05, 0) is 43.0 Å². The minimum Gasteiger partial charge on any atom is -0.480 e.